The average molecular weight is 217 g/mol. The lowest BCUT2D eigenvalue weighted by Crippen LogP contribution is -2.33. The van der Waals surface area contributed by atoms with Crippen molar-refractivity contribution in [3.63, 3.8) is 0 Å². The van der Waals surface area contributed by atoms with Crippen LogP contribution in [0.3, 0.4) is 0 Å². The van der Waals surface area contributed by atoms with Gasteiger partial charge in [0.15, 0.2) is 5.78 Å². The first-order valence-corrected chi connectivity index (χ1v) is 6.05. The molecule has 16 heavy (non-hydrogen) atoms. The Kier molecular flexibility index (Phi) is 3.73. The van der Waals surface area contributed by atoms with E-state index in [1.807, 2.05) is 30.3 Å². The molecule has 0 aromatic heterocycles. The van der Waals surface area contributed by atoms with E-state index in [1.54, 1.807) is 0 Å². The molecular weight excluding hydrogens is 198 g/mol. The fourth-order valence-corrected chi connectivity index (χ4v) is 2.33. The van der Waals surface area contributed by atoms with Crippen LogP contribution >= 0.6 is 0 Å². The Labute approximate surface area is 97.3 Å². The van der Waals surface area contributed by atoms with Crippen LogP contribution in [-0.4, -0.2) is 29.8 Å². The van der Waals surface area contributed by atoms with Crippen LogP contribution in [-0.2, 0) is 11.2 Å². The first-order chi connectivity index (χ1) is 7.75. The Bertz CT molecular complexity index is 347. The van der Waals surface area contributed by atoms with Gasteiger partial charge in [-0.05, 0) is 31.9 Å². The number of ketones is 1. The summed E-state index contributed by atoms with van der Waals surface area (Å²) in [6.45, 7) is 3.92. The van der Waals surface area contributed by atoms with Crippen LogP contribution in [0.5, 0.6) is 0 Å². The maximum Gasteiger partial charge on any atom is 0.151 e. The molecule has 2 heteroatoms. The highest BCUT2D eigenvalue weighted by molar-refractivity contribution is 5.82. The number of rotatable bonds is 4. The molecule has 1 saturated heterocycles. The Morgan fingerprint density at radius 2 is 2.12 bits per heavy atom. The largest absolute Gasteiger partial charge is 0.298 e. The van der Waals surface area contributed by atoms with Crippen molar-refractivity contribution in [3.8, 4) is 0 Å². The van der Waals surface area contributed by atoms with E-state index in [9.17, 15) is 4.79 Å². The molecule has 1 aliphatic rings. The van der Waals surface area contributed by atoms with Crippen molar-refractivity contribution < 1.29 is 4.79 Å². The molecule has 2 nitrogen and oxygen atoms in total. The van der Waals surface area contributed by atoms with E-state index >= 15 is 0 Å². The van der Waals surface area contributed by atoms with Gasteiger partial charge in [-0.25, -0.2) is 0 Å². The van der Waals surface area contributed by atoms with Gasteiger partial charge in [0.2, 0.25) is 0 Å². The third-order valence-corrected chi connectivity index (χ3v) is 3.31. The normalized spacial score (nSPS) is 21.2. The summed E-state index contributed by atoms with van der Waals surface area (Å²) in [4.78, 5) is 14.2. The van der Waals surface area contributed by atoms with Crippen molar-refractivity contribution in [3.05, 3.63) is 35.9 Å². The van der Waals surface area contributed by atoms with E-state index in [-0.39, 0.29) is 0 Å². The quantitative estimate of drug-likeness (QED) is 0.771. The summed E-state index contributed by atoms with van der Waals surface area (Å²) in [5.41, 5.74) is 1.12. The highest BCUT2D eigenvalue weighted by atomic mass is 16.1. The SMILES string of the molecule is CC1CCCN1CC(=O)Cc1ccccc1. The molecule has 0 N–H and O–H groups in total. The molecule has 1 aromatic rings. The Morgan fingerprint density at radius 1 is 1.38 bits per heavy atom. The highest BCUT2D eigenvalue weighted by Crippen LogP contribution is 2.16. The number of Topliss-reactive ketones (excluding diaryl/α,β-unsaturated/α-hetero) is 1. The molecule has 0 radical (unpaired) electrons. The Balaban J connectivity index is 1.85. The maximum atomic E-state index is 11.9. The van der Waals surface area contributed by atoms with Crippen LogP contribution in [0.15, 0.2) is 30.3 Å². The highest BCUT2D eigenvalue weighted by Gasteiger charge is 2.21. The molecule has 1 unspecified atom stereocenters. The average Bonchev–Trinajstić information content (AvgIpc) is 2.66. The van der Waals surface area contributed by atoms with Gasteiger partial charge in [0.05, 0.1) is 6.54 Å². The zero-order valence-electron chi connectivity index (χ0n) is 9.86. The zero-order valence-corrected chi connectivity index (χ0v) is 9.86. The lowest BCUT2D eigenvalue weighted by Gasteiger charge is -2.19. The molecule has 1 aliphatic heterocycles. The Morgan fingerprint density at radius 3 is 2.75 bits per heavy atom. The molecule has 0 spiro atoms. The number of carbonyl (C=O) groups excluding carboxylic acids is 1. The summed E-state index contributed by atoms with van der Waals surface area (Å²) in [7, 11) is 0. The van der Waals surface area contributed by atoms with Crippen molar-refractivity contribution in [1.29, 1.82) is 0 Å². The van der Waals surface area contributed by atoms with E-state index in [0.29, 0.717) is 24.8 Å². The van der Waals surface area contributed by atoms with Crippen molar-refractivity contribution >= 4 is 5.78 Å². The van der Waals surface area contributed by atoms with E-state index < -0.39 is 0 Å². The predicted octanol–water partition coefficient (Wildman–Crippen LogP) is 2.28. The molecule has 1 aromatic carbocycles. The van der Waals surface area contributed by atoms with Crippen molar-refractivity contribution in [2.45, 2.75) is 32.2 Å². The van der Waals surface area contributed by atoms with E-state index in [1.165, 1.54) is 12.8 Å². The summed E-state index contributed by atoms with van der Waals surface area (Å²) in [6, 6.07) is 10.6. The van der Waals surface area contributed by atoms with Gasteiger partial charge in [-0.1, -0.05) is 30.3 Å². The van der Waals surface area contributed by atoms with Crippen molar-refractivity contribution in [2.75, 3.05) is 13.1 Å². The predicted molar refractivity (Wildman–Crippen MR) is 65.4 cm³/mol. The molecule has 1 fully saturated rings. The van der Waals surface area contributed by atoms with Gasteiger partial charge >= 0.3 is 0 Å². The summed E-state index contributed by atoms with van der Waals surface area (Å²) < 4.78 is 0. The van der Waals surface area contributed by atoms with Gasteiger partial charge in [0, 0.05) is 12.5 Å². The van der Waals surface area contributed by atoms with Crippen LogP contribution in [0, 0.1) is 0 Å². The van der Waals surface area contributed by atoms with Crippen molar-refractivity contribution in [1.82, 2.24) is 4.90 Å². The van der Waals surface area contributed by atoms with Crippen molar-refractivity contribution in [2.24, 2.45) is 0 Å². The van der Waals surface area contributed by atoms with Gasteiger partial charge in [-0.3, -0.25) is 9.69 Å². The lowest BCUT2D eigenvalue weighted by molar-refractivity contribution is -0.119. The summed E-state index contributed by atoms with van der Waals surface area (Å²) in [6.07, 6.45) is 3.04. The molecule has 1 atom stereocenters. The number of carbonyl (C=O) groups is 1. The third-order valence-electron chi connectivity index (χ3n) is 3.31. The zero-order chi connectivity index (χ0) is 11.4. The van der Waals surface area contributed by atoms with Crippen LogP contribution in [0.2, 0.25) is 0 Å². The fraction of sp³-hybridized carbons (Fsp3) is 0.500. The number of hydrogen-bond acceptors (Lipinski definition) is 2. The summed E-state index contributed by atoms with van der Waals surface area (Å²) in [5.74, 6) is 0.333. The van der Waals surface area contributed by atoms with Gasteiger partial charge < -0.3 is 0 Å². The molecule has 2 rings (SSSR count). The first kappa shape index (κ1) is 11.3. The third kappa shape index (κ3) is 2.92. The summed E-state index contributed by atoms with van der Waals surface area (Å²) in [5, 5.41) is 0. The smallest absolute Gasteiger partial charge is 0.151 e. The van der Waals surface area contributed by atoms with Crippen LogP contribution < -0.4 is 0 Å². The van der Waals surface area contributed by atoms with Crippen LogP contribution in [0.1, 0.15) is 25.3 Å². The van der Waals surface area contributed by atoms with Crippen LogP contribution in [0.4, 0.5) is 0 Å². The molecular formula is C14H19NO. The van der Waals surface area contributed by atoms with Gasteiger partial charge in [-0.2, -0.15) is 0 Å². The van der Waals surface area contributed by atoms with Gasteiger partial charge in [-0.15, -0.1) is 0 Å². The lowest BCUT2D eigenvalue weighted by atomic mass is 10.1. The number of hydrogen-bond donors (Lipinski definition) is 0. The minimum atomic E-state index is 0.333. The van der Waals surface area contributed by atoms with Gasteiger partial charge in [0.1, 0.15) is 0 Å². The molecule has 0 amide bonds. The van der Waals surface area contributed by atoms with E-state index in [2.05, 4.69) is 11.8 Å². The topological polar surface area (TPSA) is 20.3 Å². The summed E-state index contributed by atoms with van der Waals surface area (Å²) >= 11 is 0. The van der Waals surface area contributed by atoms with Crippen LogP contribution in [0.25, 0.3) is 0 Å². The number of benzene rings is 1. The van der Waals surface area contributed by atoms with E-state index in [0.717, 1.165) is 12.1 Å². The molecule has 1 heterocycles. The van der Waals surface area contributed by atoms with E-state index in [4.69, 9.17) is 0 Å². The molecule has 0 bridgehead atoms. The second-order valence-corrected chi connectivity index (χ2v) is 4.66. The van der Waals surface area contributed by atoms with Gasteiger partial charge in [0.25, 0.3) is 0 Å². The monoisotopic (exact) mass is 217 g/mol. The Hall–Kier alpha value is -1.15. The maximum absolute atomic E-state index is 11.9. The number of likely N-dealkylation sites (tertiary alicyclic amines) is 1. The molecule has 86 valence electrons. The standard InChI is InChI=1S/C14H19NO/c1-12-6-5-9-15(12)11-14(16)10-13-7-3-2-4-8-13/h2-4,7-8,12H,5-6,9-11H2,1H3. The number of nitrogens with zero attached hydrogens (tertiary/aromatic N) is 1. The minimum absolute atomic E-state index is 0.333. The molecule has 0 saturated carbocycles. The first-order valence-electron chi connectivity index (χ1n) is 6.05. The second-order valence-electron chi connectivity index (χ2n) is 4.66. The molecule has 0 aliphatic carbocycles. The second kappa shape index (κ2) is 5.26. The fourth-order valence-electron chi connectivity index (χ4n) is 2.33. The minimum Gasteiger partial charge on any atom is -0.298 e.